The van der Waals surface area contributed by atoms with Crippen molar-refractivity contribution in [2.24, 2.45) is 0 Å². The third kappa shape index (κ3) is 10.8. The minimum Gasteiger partial charge on any atom is -0.377 e. The zero-order chi connectivity index (χ0) is 14.4. The molecule has 0 aromatic carbocycles. The van der Waals surface area contributed by atoms with E-state index in [1.54, 1.807) is 21.3 Å². The molecule has 124 valence electrons. The smallest absolute Gasteiger partial charge is 0.377 e. The van der Waals surface area contributed by atoms with Crippen LogP contribution in [0, 0.1) is 0 Å². The van der Waals surface area contributed by atoms with Crippen molar-refractivity contribution in [1.82, 2.24) is 0 Å². The van der Waals surface area contributed by atoms with Crippen molar-refractivity contribution < 1.29 is 18.0 Å². The van der Waals surface area contributed by atoms with E-state index < -0.39 is 8.80 Å². The van der Waals surface area contributed by atoms with Crippen LogP contribution in [0.2, 0.25) is 6.04 Å². The maximum Gasteiger partial charge on any atom is 0.500 e. The molecule has 0 radical (unpaired) electrons. The molecular formula is C15H35FO3Si. The summed E-state index contributed by atoms with van der Waals surface area (Å²) >= 11 is 0. The minimum atomic E-state index is -2.31. The van der Waals surface area contributed by atoms with Crippen LogP contribution < -0.4 is 0 Å². The Balaban J connectivity index is 0. The maximum atomic E-state index is 5.41. The molecule has 0 aliphatic heterocycles. The lowest BCUT2D eigenvalue weighted by Gasteiger charge is -2.24. The molecular weight excluding hydrogens is 275 g/mol. The van der Waals surface area contributed by atoms with E-state index in [1.807, 2.05) is 0 Å². The van der Waals surface area contributed by atoms with Crippen LogP contribution in [-0.4, -0.2) is 30.1 Å². The monoisotopic (exact) mass is 310 g/mol. The van der Waals surface area contributed by atoms with Gasteiger partial charge in [0, 0.05) is 27.4 Å². The minimum absolute atomic E-state index is 0. The molecule has 0 saturated carbocycles. The Morgan fingerprint density at radius 1 is 0.600 bits per heavy atom. The Morgan fingerprint density at radius 3 is 1.30 bits per heavy atom. The second-order valence-corrected chi connectivity index (χ2v) is 8.32. The first-order valence-corrected chi connectivity index (χ1v) is 9.83. The summed E-state index contributed by atoms with van der Waals surface area (Å²) in [6.07, 6.45) is 13.5. The van der Waals surface area contributed by atoms with Crippen molar-refractivity contribution in [2.45, 2.75) is 77.2 Å². The van der Waals surface area contributed by atoms with Gasteiger partial charge in [0.15, 0.2) is 0 Å². The number of hydrogen-bond donors (Lipinski definition) is 0. The zero-order valence-corrected chi connectivity index (χ0v) is 14.9. The van der Waals surface area contributed by atoms with Crippen molar-refractivity contribution in [3.05, 3.63) is 0 Å². The van der Waals surface area contributed by atoms with E-state index in [2.05, 4.69) is 6.92 Å². The topological polar surface area (TPSA) is 27.7 Å². The standard InChI is InChI=1S/C15H34O3Si.FH/c1-5-6-7-8-9-10-11-12-13-14-15-19(16-2,17-3)18-4;/h5-15H2,1-4H3;1H. The fraction of sp³-hybridized carbons (Fsp3) is 1.00. The third-order valence-electron chi connectivity index (χ3n) is 3.77. The Labute approximate surface area is 126 Å². The maximum absolute atomic E-state index is 5.41. The van der Waals surface area contributed by atoms with Crippen LogP contribution in [0.1, 0.15) is 71.1 Å². The van der Waals surface area contributed by atoms with Gasteiger partial charge in [-0.15, -0.1) is 0 Å². The summed E-state index contributed by atoms with van der Waals surface area (Å²) in [5.74, 6) is 0. The molecule has 0 unspecified atom stereocenters. The van der Waals surface area contributed by atoms with Gasteiger partial charge in [-0.1, -0.05) is 64.7 Å². The lowest BCUT2D eigenvalue weighted by Crippen LogP contribution is -2.42. The first-order valence-electron chi connectivity index (χ1n) is 7.90. The molecule has 0 rings (SSSR count). The molecule has 5 heteroatoms. The number of rotatable bonds is 14. The van der Waals surface area contributed by atoms with Gasteiger partial charge in [0.25, 0.3) is 0 Å². The molecule has 0 saturated heterocycles. The Hall–Kier alpha value is 0.0269. The fourth-order valence-electron chi connectivity index (χ4n) is 2.39. The highest BCUT2D eigenvalue weighted by atomic mass is 28.4. The summed E-state index contributed by atoms with van der Waals surface area (Å²) in [5, 5.41) is 0. The summed E-state index contributed by atoms with van der Waals surface area (Å²) in [5.41, 5.74) is 0. The average Bonchev–Trinajstić information content (AvgIpc) is 2.46. The summed E-state index contributed by atoms with van der Waals surface area (Å²) in [7, 11) is 2.76. The highest BCUT2D eigenvalue weighted by Gasteiger charge is 2.36. The van der Waals surface area contributed by atoms with Gasteiger partial charge in [-0.2, -0.15) is 0 Å². The second-order valence-electron chi connectivity index (χ2n) is 5.23. The SMILES string of the molecule is CCCCCCCCCCCC[Si](OC)(OC)OC.F. The van der Waals surface area contributed by atoms with Crippen LogP contribution in [0.5, 0.6) is 0 Å². The van der Waals surface area contributed by atoms with Crippen LogP contribution in [0.15, 0.2) is 0 Å². The molecule has 0 aliphatic rings. The molecule has 0 aliphatic carbocycles. The quantitative estimate of drug-likeness (QED) is 0.336. The van der Waals surface area contributed by atoms with Gasteiger partial charge in [0.05, 0.1) is 0 Å². The Kier molecular flexibility index (Phi) is 17.2. The molecule has 0 amide bonds. The van der Waals surface area contributed by atoms with Crippen LogP contribution in [-0.2, 0) is 13.3 Å². The van der Waals surface area contributed by atoms with E-state index >= 15 is 0 Å². The van der Waals surface area contributed by atoms with Crippen molar-refractivity contribution in [2.75, 3.05) is 21.3 Å². The predicted molar refractivity (Wildman–Crippen MR) is 85.9 cm³/mol. The zero-order valence-electron chi connectivity index (χ0n) is 13.9. The summed E-state index contributed by atoms with van der Waals surface area (Å²) in [6, 6.07) is 0.938. The van der Waals surface area contributed by atoms with Gasteiger partial charge < -0.3 is 13.3 Å². The van der Waals surface area contributed by atoms with Crippen LogP contribution in [0.25, 0.3) is 0 Å². The molecule has 0 heterocycles. The van der Waals surface area contributed by atoms with E-state index in [9.17, 15) is 0 Å². The average molecular weight is 311 g/mol. The fourth-order valence-corrected chi connectivity index (χ4v) is 4.18. The molecule has 0 atom stereocenters. The molecule has 20 heavy (non-hydrogen) atoms. The molecule has 3 nitrogen and oxygen atoms in total. The van der Waals surface area contributed by atoms with Crippen LogP contribution in [0.3, 0.4) is 0 Å². The number of halogens is 1. The highest BCUT2D eigenvalue weighted by molar-refractivity contribution is 6.60. The van der Waals surface area contributed by atoms with Crippen molar-refractivity contribution in [3.8, 4) is 0 Å². The van der Waals surface area contributed by atoms with E-state index in [0.29, 0.717) is 0 Å². The lowest BCUT2D eigenvalue weighted by molar-refractivity contribution is 0.122. The predicted octanol–water partition coefficient (Wildman–Crippen LogP) is 4.94. The molecule has 0 N–H and O–H groups in total. The van der Waals surface area contributed by atoms with Crippen LogP contribution >= 0.6 is 0 Å². The number of unbranched alkanes of at least 4 members (excludes halogenated alkanes) is 9. The van der Waals surface area contributed by atoms with E-state index in [-0.39, 0.29) is 4.70 Å². The van der Waals surface area contributed by atoms with Crippen LogP contribution in [0.4, 0.5) is 4.70 Å². The summed E-state index contributed by atoms with van der Waals surface area (Å²) in [4.78, 5) is 0. The molecule has 0 aromatic heterocycles. The van der Waals surface area contributed by atoms with Crippen molar-refractivity contribution in [3.63, 3.8) is 0 Å². The van der Waals surface area contributed by atoms with Crippen molar-refractivity contribution in [1.29, 1.82) is 0 Å². The Morgan fingerprint density at radius 2 is 0.950 bits per heavy atom. The highest BCUT2D eigenvalue weighted by Crippen LogP contribution is 2.18. The van der Waals surface area contributed by atoms with Gasteiger partial charge in [0.1, 0.15) is 0 Å². The normalized spacial score (nSPS) is 11.4. The van der Waals surface area contributed by atoms with Gasteiger partial charge in [-0.3, -0.25) is 4.70 Å². The lowest BCUT2D eigenvalue weighted by atomic mass is 10.1. The largest absolute Gasteiger partial charge is 0.500 e. The summed E-state index contributed by atoms with van der Waals surface area (Å²) < 4.78 is 16.2. The molecule has 0 spiro atoms. The van der Waals surface area contributed by atoms with E-state index in [1.165, 1.54) is 57.8 Å². The molecule has 0 fully saturated rings. The van der Waals surface area contributed by atoms with Gasteiger partial charge >= 0.3 is 8.80 Å². The van der Waals surface area contributed by atoms with E-state index in [0.717, 1.165) is 12.5 Å². The Bertz CT molecular complexity index is 182. The van der Waals surface area contributed by atoms with Crippen molar-refractivity contribution >= 4 is 8.80 Å². The van der Waals surface area contributed by atoms with Gasteiger partial charge in [0.2, 0.25) is 0 Å². The van der Waals surface area contributed by atoms with E-state index in [4.69, 9.17) is 13.3 Å². The van der Waals surface area contributed by atoms with Gasteiger partial charge in [-0.25, -0.2) is 0 Å². The third-order valence-corrected chi connectivity index (χ3v) is 6.60. The summed E-state index contributed by atoms with van der Waals surface area (Å²) in [6.45, 7) is 2.27. The number of hydrogen-bond acceptors (Lipinski definition) is 3. The first kappa shape index (κ1) is 22.3. The molecule has 0 aromatic rings. The van der Waals surface area contributed by atoms with Gasteiger partial charge in [-0.05, 0) is 6.42 Å². The second kappa shape index (κ2) is 15.4. The first-order chi connectivity index (χ1) is 9.24. The molecule has 0 bridgehead atoms.